The van der Waals surface area contributed by atoms with E-state index in [1.54, 1.807) is 24.3 Å². The first-order chi connectivity index (χ1) is 11.0. The van der Waals surface area contributed by atoms with Gasteiger partial charge in [0.15, 0.2) is 5.78 Å². The number of hydrogen-bond donors (Lipinski definition) is 2. The molecule has 0 aromatic heterocycles. The van der Waals surface area contributed by atoms with Crippen LogP contribution in [0.15, 0.2) is 46.9 Å². The van der Waals surface area contributed by atoms with Crippen LogP contribution >= 0.6 is 15.9 Å². The lowest BCUT2D eigenvalue weighted by atomic mass is 10.1. The number of rotatable bonds is 6. The van der Waals surface area contributed by atoms with E-state index in [0.29, 0.717) is 24.2 Å². The normalized spacial score (nSPS) is 10.2. The highest BCUT2D eigenvalue weighted by molar-refractivity contribution is 9.10. The molecule has 0 aliphatic heterocycles. The van der Waals surface area contributed by atoms with Crippen molar-refractivity contribution in [3.63, 3.8) is 0 Å². The van der Waals surface area contributed by atoms with Gasteiger partial charge in [-0.15, -0.1) is 0 Å². The number of hydrogen-bond acceptors (Lipinski definition) is 3. The van der Waals surface area contributed by atoms with Gasteiger partial charge < -0.3 is 10.6 Å². The first-order valence-corrected chi connectivity index (χ1v) is 8.16. The summed E-state index contributed by atoms with van der Waals surface area (Å²) < 4.78 is 1.03. The van der Waals surface area contributed by atoms with Crippen LogP contribution < -0.4 is 10.6 Å². The number of anilines is 2. The Kier molecular flexibility index (Phi) is 5.93. The minimum Gasteiger partial charge on any atom is -0.384 e. The number of ketones is 1. The Balaban J connectivity index is 1.82. The summed E-state index contributed by atoms with van der Waals surface area (Å²) >= 11 is 3.43. The highest BCUT2D eigenvalue weighted by Crippen LogP contribution is 2.20. The predicted octanol–water partition coefficient (Wildman–Crippen LogP) is 4.40. The van der Waals surface area contributed by atoms with Gasteiger partial charge in [-0.1, -0.05) is 15.9 Å². The van der Waals surface area contributed by atoms with Gasteiger partial charge in [0.2, 0.25) is 5.91 Å². The maximum absolute atomic E-state index is 11.9. The fourth-order valence-corrected chi connectivity index (χ4v) is 2.62. The molecule has 2 rings (SSSR count). The van der Waals surface area contributed by atoms with Gasteiger partial charge in [-0.25, -0.2) is 0 Å². The van der Waals surface area contributed by atoms with Gasteiger partial charge in [-0.05, 0) is 61.9 Å². The molecule has 0 atom stereocenters. The van der Waals surface area contributed by atoms with Crippen LogP contribution in [0.25, 0.3) is 0 Å². The Morgan fingerprint density at radius 1 is 1.09 bits per heavy atom. The van der Waals surface area contributed by atoms with Crippen LogP contribution in [0.3, 0.4) is 0 Å². The molecule has 2 aromatic rings. The SMILES string of the molecule is CC(=O)c1ccc(NC(=O)CCNc2ccc(Br)cc2C)cc1. The van der Waals surface area contributed by atoms with E-state index in [2.05, 4.69) is 26.6 Å². The third-order valence-corrected chi connectivity index (χ3v) is 3.92. The number of benzene rings is 2. The summed E-state index contributed by atoms with van der Waals surface area (Å²) in [4.78, 5) is 23.1. The molecule has 0 radical (unpaired) electrons. The third-order valence-electron chi connectivity index (χ3n) is 3.43. The minimum absolute atomic E-state index is 0.0111. The second-order valence-corrected chi connectivity index (χ2v) is 6.23. The van der Waals surface area contributed by atoms with Crippen LogP contribution in [0.5, 0.6) is 0 Å². The van der Waals surface area contributed by atoms with Crippen molar-refractivity contribution in [2.75, 3.05) is 17.2 Å². The van der Waals surface area contributed by atoms with Gasteiger partial charge in [0.1, 0.15) is 0 Å². The summed E-state index contributed by atoms with van der Waals surface area (Å²) in [7, 11) is 0. The van der Waals surface area contributed by atoms with E-state index in [1.807, 2.05) is 25.1 Å². The van der Waals surface area contributed by atoms with E-state index in [0.717, 1.165) is 15.7 Å². The molecule has 0 bridgehead atoms. The fraction of sp³-hybridized carbons (Fsp3) is 0.222. The van der Waals surface area contributed by atoms with Crippen LogP contribution in [0.1, 0.15) is 29.3 Å². The Hall–Kier alpha value is -2.14. The Morgan fingerprint density at radius 2 is 1.78 bits per heavy atom. The van der Waals surface area contributed by atoms with E-state index in [9.17, 15) is 9.59 Å². The largest absolute Gasteiger partial charge is 0.384 e. The van der Waals surface area contributed by atoms with Crippen molar-refractivity contribution in [2.45, 2.75) is 20.3 Å². The van der Waals surface area contributed by atoms with E-state index in [4.69, 9.17) is 0 Å². The molecule has 0 saturated heterocycles. The maximum Gasteiger partial charge on any atom is 0.226 e. The molecule has 0 aliphatic rings. The average molecular weight is 375 g/mol. The summed E-state index contributed by atoms with van der Waals surface area (Å²) in [6.45, 7) is 4.09. The highest BCUT2D eigenvalue weighted by atomic mass is 79.9. The van der Waals surface area contributed by atoms with Crippen molar-refractivity contribution in [2.24, 2.45) is 0 Å². The molecule has 0 heterocycles. The number of amides is 1. The van der Waals surface area contributed by atoms with Crippen molar-refractivity contribution in [1.82, 2.24) is 0 Å². The maximum atomic E-state index is 11.9. The topological polar surface area (TPSA) is 58.2 Å². The van der Waals surface area contributed by atoms with E-state index >= 15 is 0 Å². The summed E-state index contributed by atoms with van der Waals surface area (Å²) in [5, 5.41) is 6.07. The lowest BCUT2D eigenvalue weighted by Gasteiger charge is -2.10. The molecular formula is C18H19BrN2O2. The van der Waals surface area contributed by atoms with Crippen LogP contribution in [0, 0.1) is 6.92 Å². The molecular weight excluding hydrogens is 356 g/mol. The predicted molar refractivity (Wildman–Crippen MR) is 97.1 cm³/mol. The number of aryl methyl sites for hydroxylation is 1. The average Bonchev–Trinajstić information content (AvgIpc) is 2.50. The number of nitrogens with one attached hydrogen (secondary N) is 2. The zero-order valence-corrected chi connectivity index (χ0v) is 14.7. The van der Waals surface area contributed by atoms with Crippen molar-refractivity contribution in [3.8, 4) is 0 Å². The van der Waals surface area contributed by atoms with Crippen molar-refractivity contribution < 1.29 is 9.59 Å². The molecule has 0 saturated carbocycles. The minimum atomic E-state index is -0.0668. The van der Waals surface area contributed by atoms with Gasteiger partial charge in [-0.2, -0.15) is 0 Å². The van der Waals surface area contributed by atoms with Gasteiger partial charge in [0.05, 0.1) is 0 Å². The lowest BCUT2D eigenvalue weighted by molar-refractivity contribution is -0.115. The summed E-state index contributed by atoms with van der Waals surface area (Å²) in [6.07, 6.45) is 0.365. The molecule has 2 N–H and O–H groups in total. The van der Waals surface area contributed by atoms with Crippen molar-refractivity contribution in [3.05, 3.63) is 58.1 Å². The molecule has 5 heteroatoms. The van der Waals surface area contributed by atoms with Crippen molar-refractivity contribution in [1.29, 1.82) is 0 Å². The molecule has 0 spiro atoms. The number of halogens is 1. The quantitative estimate of drug-likeness (QED) is 0.736. The third kappa shape index (κ3) is 5.21. The summed E-state index contributed by atoms with van der Waals surface area (Å²) in [5.74, 6) is -0.0558. The summed E-state index contributed by atoms with van der Waals surface area (Å²) in [5.41, 5.74) is 3.47. The zero-order valence-electron chi connectivity index (χ0n) is 13.2. The van der Waals surface area contributed by atoms with Gasteiger partial charge in [0.25, 0.3) is 0 Å². The Labute approximate surface area is 144 Å². The summed E-state index contributed by atoms with van der Waals surface area (Å²) in [6, 6.07) is 12.9. The van der Waals surface area contributed by atoms with E-state index in [1.165, 1.54) is 6.92 Å². The number of Topliss-reactive ketones (excluding diaryl/α,β-unsaturated/α-hetero) is 1. The highest BCUT2D eigenvalue weighted by Gasteiger charge is 2.05. The fourth-order valence-electron chi connectivity index (χ4n) is 2.15. The van der Waals surface area contributed by atoms with E-state index < -0.39 is 0 Å². The molecule has 4 nitrogen and oxygen atoms in total. The van der Waals surface area contributed by atoms with Gasteiger partial charge in [-0.3, -0.25) is 9.59 Å². The molecule has 0 aliphatic carbocycles. The van der Waals surface area contributed by atoms with Crippen LogP contribution in [0.2, 0.25) is 0 Å². The van der Waals surface area contributed by atoms with Crippen molar-refractivity contribution >= 4 is 39.0 Å². The molecule has 0 fully saturated rings. The smallest absolute Gasteiger partial charge is 0.226 e. The Bertz CT molecular complexity index is 711. The standard InChI is InChI=1S/C18H19BrN2O2/c1-12-11-15(19)5-8-17(12)20-10-9-18(23)21-16-6-3-14(4-7-16)13(2)22/h3-8,11,20H,9-10H2,1-2H3,(H,21,23). The van der Waals surface area contributed by atoms with Crippen LogP contribution in [-0.2, 0) is 4.79 Å². The van der Waals surface area contributed by atoms with Crippen LogP contribution in [0.4, 0.5) is 11.4 Å². The first-order valence-electron chi connectivity index (χ1n) is 7.36. The number of carbonyl (C=O) groups excluding carboxylic acids is 2. The zero-order chi connectivity index (χ0) is 16.8. The van der Waals surface area contributed by atoms with Gasteiger partial charge in [0, 0.05) is 34.4 Å². The first kappa shape index (κ1) is 17.2. The molecule has 1 amide bonds. The number of carbonyl (C=O) groups is 2. The Morgan fingerprint density at radius 3 is 2.39 bits per heavy atom. The monoisotopic (exact) mass is 374 g/mol. The molecule has 2 aromatic carbocycles. The van der Waals surface area contributed by atoms with E-state index in [-0.39, 0.29) is 11.7 Å². The van der Waals surface area contributed by atoms with Crippen LogP contribution in [-0.4, -0.2) is 18.2 Å². The van der Waals surface area contributed by atoms with Gasteiger partial charge >= 0.3 is 0 Å². The molecule has 0 unspecified atom stereocenters. The second kappa shape index (κ2) is 7.92. The second-order valence-electron chi connectivity index (χ2n) is 5.32. The molecule has 23 heavy (non-hydrogen) atoms. The lowest BCUT2D eigenvalue weighted by Crippen LogP contribution is -2.16. The molecule has 120 valence electrons.